The molecule has 1 aromatic rings. The lowest BCUT2D eigenvalue weighted by atomic mass is 10.1. The number of benzene rings is 1. The van der Waals surface area contributed by atoms with E-state index in [9.17, 15) is 0 Å². The predicted molar refractivity (Wildman–Crippen MR) is 59.5 cm³/mol. The van der Waals surface area contributed by atoms with Crippen LogP contribution in [0.1, 0.15) is 17.7 Å². The number of amidine groups is 1. The van der Waals surface area contributed by atoms with Crippen molar-refractivity contribution in [2.75, 3.05) is 0 Å². The first-order valence-electron chi connectivity index (χ1n) is 4.45. The summed E-state index contributed by atoms with van der Waals surface area (Å²) in [5.41, 5.74) is 6.80. The van der Waals surface area contributed by atoms with E-state index in [2.05, 4.69) is 4.99 Å². The maximum absolute atomic E-state index is 9.16. The quantitative estimate of drug-likeness (QED) is 0.741. The monoisotopic (exact) mass is 208 g/mol. The minimum Gasteiger partial charge on any atom is -0.508 e. The van der Waals surface area contributed by atoms with E-state index in [1.807, 2.05) is 19.1 Å². The average Bonchev–Trinajstić information content (AvgIpc) is 2.47. The molecule has 0 aromatic heterocycles. The second-order valence-corrected chi connectivity index (χ2v) is 4.50. The van der Waals surface area contributed by atoms with Crippen molar-refractivity contribution >= 4 is 16.9 Å². The zero-order valence-electron chi connectivity index (χ0n) is 7.84. The number of aromatic hydroxyl groups is 1. The predicted octanol–water partition coefficient (Wildman–Crippen LogP) is 1.88. The van der Waals surface area contributed by atoms with Gasteiger partial charge in [-0.25, -0.2) is 0 Å². The highest BCUT2D eigenvalue weighted by Gasteiger charge is 2.26. The molecule has 3 N–H and O–H groups in total. The molecule has 0 radical (unpaired) electrons. The first-order chi connectivity index (χ1) is 6.66. The van der Waals surface area contributed by atoms with E-state index >= 15 is 0 Å². The Morgan fingerprint density at radius 2 is 2.00 bits per heavy atom. The highest BCUT2D eigenvalue weighted by atomic mass is 32.2. The second-order valence-electron chi connectivity index (χ2n) is 3.34. The summed E-state index contributed by atoms with van der Waals surface area (Å²) in [7, 11) is 0. The van der Waals surface area contributed by atoms with Crippen LogP contribution >= 0.6 is 11.8 Å². The second kappa shape index (κ2) is 3.53. The van der Waals surface area contributed by atoms with Gasteiger partial charge in [-0.05, 0) is 24.6 Å². The lowest BCUT2D eigenvalue weighted by Gasteiger charge is -2.12. The number of aliphatic imine (C=N–C) groups is 1. The molecule has 0 spiro atoms. The van der Waals surface area contributed by atoms with Crippen molar-refractivity contribution in [2.45, 2.75) is 18.2 Å². The van der Waals surface area contributed by atoms with E-state index in [0.717, 1.165) is 5.56 Å². The van der Waals surface area contributed by atoms with Gasteiger partial charge in [0.05, 0.1) is 11.3 Å². The summed E-state index contributed by atoms with van der Waals surface area (Å²) >= 11 is 1.58. The van der Waals surface area contributed by atoms with Crippen molar-refractivity contribution in [3.63, 3.8) is 0 Å². The Hall–Kier alpha value is -1.16. The number of thioether (sulfide) groups is 1. The van der Waals surface area contributed by atoms with Crippen LogP contribution in [0.2, 0.25) is 0 Å². The largest absolute Gasteiger partial charge is 0.508 e. The van der Waals surface area contributed by atoms with Crippen molar-refractivity contribution in [1.82, 2.24) is 0 Å². The van der Waals surface area contributed by atoms with Gasteiger partial charge in [-0.3, -0.25) is 4.99 Å². The molecule has 14 heavy (non-hydrogen) atoms. The van der Waals surface area contributed by atoms with Gasteiger partial charge in [-0.15, -0.1) is 0 Å². The number of phenols is 1. The normalized spacial score (nSPS) is 26.2. The van der Waals surface area contributed by atoms with Gasteiger partial charge in [0.15, 0.2) is 5.17 Å². The zero-order valence-corrected chi connectivity index (χ0v) is 8.66. The number of hydrogen-bond donors (Lipinski definition) is 2. The molecule has 1 unspecified atom stereocenters. The van der Waals surface area contributed by atoms with E-state index in [-0.39, 0.29) is 11.3 Å². The van der Waals surface area contributed by atoms with E-state index in [1.165, 1.54) is 0 Å². The molecule has 74 valence electrons. The Morgan fingerprint density at radius 3 is 2.50 bits per heavy atom. The van der Waals surface area contributed by atoms with Crippen LogP contribution in [0.15, 0.2) is 29.3 Å². The van der Waals surface area contributed by atoms with Crippen molar-refractivity contribution in [2.24, 2.45) is 10.7 Å². The number of nitrogens with two attached hydrogens (primary N) is 1. The van der Waals surface area contributed by atoms with E-state index < -0.39 is 0 Å². The van der Waals surface area contributed by atoms with Gasteiger partial charge >= 0.3 is 0 Å². The molecule has 2 atom stereocenters. The maximum Gasteiger partial charge on any atom is 0.154 e. The molecule has 4 heteroatoms. The Kier molecular flexibility index (Phi) is 2.37. The molecule has 0 saturated heterocycles. The van der Waals surface area contributed by atoms with Crippen LogP contribution in [-0.4, -0.2) is 16.3 Å². The third kappa shape index (κ3) is 1.70. The Labute approximate surface area is 87.0 Å². The molecular weight excluding hydrogens is 196 g/mol. The Bertz CT molecular complexity index is 361. The lowest BCUT2D eigenvalue weighted by Crippen LogP contribution is -2.04. The molecular formula is C10H12N2OS. The van der Waals surface area contributed by atoms with Crippen LogP contribution in [0, 0.1) is 0 Å². The fraction of sp³-hybridized carbons (Fsp3) is 0.300. The number of hydrogen-bond acceptors (Lipinski definition) is 4. The van der Waals surface area contributed by atoms with E-state index in [0.29, 0.717) is 10.9 Å². The molecule has 1 heterocycles. The van der Waals surface area contributed by atoms with Gasteiger partial charge in [0.1, 0.15) is 5.75 Å². The van der Waals surface area contributed by atoms with Crippen LogP contribution in [0.3, 0.4) is 0 Å². The molecule has 0 saturated carbocycles. The van der Waals surface area contributed by atoms with E-state index in [1.54, 1.807) is 23.9 Å². The maximum atomic E-state index is 9.16. The van der Waals surface area contributed by atoms with Gasteiger partial charge < -0.3 is 10.8 Å². The third-order valence-corrected chi connectivity index (χ3v) is 3.51. The zero-order chi connectivity index (χ0) is 10.1. The van der Waals surface area contributed by atoms with Crippen LogP contribution < -0.4 is 5.73 Å². The van der Waals surface area contributed by atoms with E-state index in [4.69, 9.17) is 10.8 Å². The van der Waals surface area contributed by atoms with Gasteiger partial charge in [0.25, 0.3) is 0 Å². The molecule has 1 aliphatic heterocycles. The SMILES string of the molecule is C[C@@H]1N=C(N)SC1c1ccc(O)cc1. The first-order valence-corrected chi connectivity index (χ1v) is 5.33. The van der Waals surface area contributed by atoms with Crippen molar-refractivity contribution in [3.8, 4) is 5.75 Å². The summed E-state index contributed by atoms with van der Waals surface area (Å²) in [5.74, 6) is 0.290. The fourth-order valence-electron chi connectivity index (χ4n) is 1.54. The summed E-state index contributed by atoms with van der Waals surface area (Å²) < 4.78 is 0. The van der Waals surface area contributed by atoms with Crippen molar-refractivity contribution in [3.05, 3.63) is 29.8 Å². The molecule has 1 aliphatic rings. The van der Waals surface area contributed by atoms with Crippen LogP contribution in [0.25, 0.3) is 0 Å². The summed E-state index contributed by atoms with van der Waals surface area (Å²) in [6.07, 6.45) is 0. The summed E-state index contributed by atoms with van der Waals surface area (Å²) in [4.78, 5) is 4.26. The average molecular weight is 208 g/mol. The Morgan fingerprint density at radius 1 is 1.36 bits per heavy atom. The molecule has 2 rings (SSSR count). The smallest absolute Gasteiger partial charge is 0.154 e. The number of nitrogens with zero attached hydrogens (tertiary/aromatic N) is 1. The summed E-state index contributed by atoms with van der Waals surface area (Å²) in [6.45, 7) is 2.05. The van der Waals surface area contributed by atoms with Crippen LogP contribution in [0.4, 0.5) is 0 Å². The summed E-state index contributed by atoms with van der Waals surface area (Å²) in [5, 5.41) is 10.1. The number of rotatable bonds is 1. The first kappa shape index (κ1) is 9.40. The standard InChI is InChI=1S/C10H12N2OS/c1-6-9(14-10(11)12-6)7-2-4-8(13)5-3-7/h2-6,9,13H,1H3,(H2,11,12)/t6-,9?/m0/s1. The topological polar surface area (TPSA) is 58.6 Å². The fourth-order valence-corrected chi connectivity index (χ4v) is 2.58. The minimum absolute atomic E-state index is 0.213. The molecule has 1 aromatic carbocycles. The van der Waals surface area contributed by atoms with Gasteiger partial charge in [-0.2, -0.15) is 0 Å². The Balaban J connectivity index is 2.21. The minimum atomic E-state index is 0.213. The van der Waals surface area contributed by atoms with Gasteiger partial charge in [0.2, 0.25) is 0 Å². The molecule has 0 bridgehead atoms. The molecule has 3 nitrogen and oxygen atoms in total. The third-order valence-electron chi connectivity index (χ3n) is 2.24. The number of phenolic OH excluding ortho intramolecular Hbond substituents is 1. The summed E-state index contributed by atoms with van der Waals surface area (Å²) in [6, 6.07) is 7.42. The molecule has 0 fully saturated rings. The highest BCUT2D eigenvalue weighted by Crippen LogP contribution is 2.38. The lowest BCUT2D eigenvalue weighted by molar-refractivity contribution is 0.475. The van der Waals surface area contributed by atoms with Gasteiger partial charge in [-0.1, -0.05) is 23.9 Å². The van der Waals surface area contributed by atoms with Gasteiger partial charge in [0, 0.05) is 0 Å². The molecule has 0 amide bonds. The molecule has 0 aliphatic carbocycles. The van der Waals surface area contributed by atoms with Crippen molar-refractivity contribution in [1.29, 1.82) is 0 Å². The van der Waals surface area contributed by atoms with Crippen molar-refractivity contribution < 1.29 is 5.11 Å². The highest BCUT2D eigenvalue weighted by molar-refractivity contribution is 8.14. The van der Waals surface area contributed by atoms with Crippen LogP contribution in [0.5, 0.6) is 5.75 Å². The van der Waals surface area contributed by atoms with Crippen LogP contribution in [-0.2, 0) is 0 Å².